The Bertz CT molecular complexity index is 713. The molecule has 0 unspecified atom stereocenters. The fourth-order valence-corrected chi connectivity index (χ4v) is 1.70. The van der Waals surface area contributed by atoms with Crippen molar-refractivity contribution in [2.45, 2.75) is 40.2 Å². The molecule has 0 aliphatic rings. The second-order valence-corrected chi connectivity index (χ2v) is 6.81. The number of aliphatic hydroxyl groups is 1. The van der Waals surface area contributed by atoms with Gasteiger partial charge in [0.2, 0.25) is 0 Å². The van der Waals surface area contributed by atoms with Crippen LogP contribution >= 0.6 is 0 Å². The van der Waals surface area contributed by atoms with E-state index in [4.69, 9.17) is 0 Å². The van der Waals surface area contributed by atoms with Gasteiger partial charge in [0, 0.05) is 24.0 Å². The Morgan fingerprint density at radius 2 is 1.77 bits per heavy atom. The van der Waals surface area contributed by atoms with E-state index in [0.29, 0.717) is 0 Å². The number of hydrogen-bond acceptors (Lipinski definition) is 2. The molecule has 1 heterocycles. The van der Waals surface area contributed by atoms with Gasteiger partial charge in [0.25, 0.3) is 5.56 Å². The SMILES string of the molecule is C=CC(C)(C)C(C)(C)O.Cc1ccc2ccn(C)c(=O)c2c1. The van der Waals surface area contributed by atoms with Crippen molar-refractivity contribution in [3.05, 3.63) is 59.0 Å². The normalized spacial score (nSPS) is 11.8. The first kappa shape index (κ1) is 18.2. The summed E-state index contributed by atoms with van der Waals surface area (Å²) in [5.74, 6) is 0. The minimum absolute atomic E-state index is 0.0706. The van der Waals surface area contributed by atoms with Crippen LogP contribution in [0.15, 0.2) is 47.9 Å². The minimum atomic E-state index is -0.672. The molecule has 0 bridgehead atoms. The van der Waals surface area contributed by atoms with Crippen molar-refractivity contribution < 1.29 is 5.11 Å². The molecule has 3 heteroatoms. The second-order valence-electron chi connectivity index (χ2n) is 6.81. The molecule has 0 radical (unpaired) electrons. The van der Waals surface area contributed by atoms with E-state index in [-0.39, 0.29) is 11.0 Å². The molecule has 2 aromatic rings. The van der Waals surface area contributed by atoms with E-state index in [2.05, 4.69) is 6.58 Å². The largest absolute Gasteiger partial charge is 0.390 e. The van der Waals surface area contributed by atoms with Gasteiger partial charge in [-0.1, -0.05) is 37.6 Å². The number of pyridine rings is 1. The fourth-order valence-electron chi connectivity index (χ4n) is 1.70. The summed E-state index contributed by atoms with van der Waals surface area (Å²) in [6.45, 7) is 13.1. The van der Waals surface area contributed by atoms with Gasteiger partial charge in [-0.2, -0.15) is 0 Å². The van der Waals surface area contributed by atoms with E-state index >= 15 is 0 Å². The molecule has 0 amide bonds. The summed E-state index contributed by atoms with van der Waals surface area (Å²) in [4.78, 5) is 11.6. The molecule has 1 N–H and O–H groups in total. The number of benzene rings is 1. The molecule has 0 spiro atoms. The molecule has 0 aliphatic heterocycles. The Morgan fingerprint density at radius 1 is 1.18 bits per heavy atom. The summed E-state index contributed by atoms with van der Waals surface area (Å²) in [7, 11) is 1.77. The van der Waals surface area contributed by atoms with E-state index in [1.165, 1.54) is 0 Å². The van der Waals surface area contributed by atoms with E-state index in [1.54, 1.807) is 37.7 Å². The first-order valence-corrected chi connectivity index (χ1v) is 7.41. The highest BCUT2D eigenvalue weighted by Crippen LogP contribution is 2.30. The van der Waals surface area contributed by atoms with Gasteiger partial charge in [-0.15, -0.1) is 6.58 Å². The second kappa shape index (κ2) is 6.49. The van der Waals surface area contributed by atoms with Crippen LogP contribution in [0.5, 0.6) is 0 Å². The van der Waals surface area contributed by atoms with E-state index < -0.39 is 5.60 Å². The van der Waals surface area contributed by atoms with Gasteiger partial charge in [0.1, 0.15) is 0 Å². The van der Waals surface area contributed by atoms with Crippen LogP contribution in [0.25, 0.3) is 10.8 Å². The van der Waals surface area contributed by atoms with Gasteiger partial charge < -0.3 is 9.67 Å². The molecular weight excluding hydrogens is 274 g/mol. The highest BCUT2D eigenvalue weighted by Gasteiger charge is 2.31. The molecule has 1 aromatic heterocycles. The molecular formula is C19H27NO2. The Balaban J connectivity index is 0.000000239. The molecule has 0 fully saturated rings. The number of aromatic nitrogens is 1. The number of hydrogen-bond donors (Lipinski definition) is 1. The van der Waals surface area contributed by atoms with Gasteiger partial charge in [-0.25, -0.2) is 0 Å². The van der Waals surface area contributed by atoms with E-state index in [1.807, 2.05) is 45.0 Å². The van der Waals surface area contributed by atoms with Crippen LogP contribution < -0.4 is 5.56 Å². The quantitative estimate of drug-likeness (QED) is 0.857. The molecule has 2 rings (SSSR count). The van der Waals surface area contributed by atoms with Crippen LogP contribution in [0.2, 0.25) is 0 Å². The summed E-state index contributed by atoms with van der Waals surface area (Å²) in [6, 6.07) is 7.88. The third kappa shape index (κ3) is 4.08. The monoisotopic (exact) mass is 301 g/mol. The molecule has 0 atom stereocenters. The third-order valence-corrected chi connectivity index (χ3v) is 4.32. The lowest BCUT2D eigenvalue weighted by Crippen LogP contribution is -2.36. The summed E-state index contributed by atoms with van der Waals surface area (Å²) >= 11 is 0. The Labute approximate surface area is 132 Å². The van der Waals surface area contributed by atoms with Crippen LogP contribution in [0.3, 0.4) is 0 Å². The highest BCUT2D eigenvalue weighted by molar-refractivity contribution is 5.81. The lowest BCUT2D eigenvalue weighted by atomic mass is 9.78. The van der Waals surface area contributed by atoms with Gasteiger partial charge >= 0.3 is 0 Å². The van der Waals surface area contributed by atoms with Crippen LogP contribution in [0, 0.1) is 12.3 Å². The molecule has 1 aromatic carbocycles. The van der Waals surface area contributed by atoms with Crippen molar-refractivity contribution in [2.75, 3.05) is 0 Å². The summed E-state index contributed by atoms with van der Waals surface area (Å²) in [5, 5.41) is 11.3. The smallest absolute Gasteiger partial charge is 0.258 e. The van der Waals surface area contributed by atoms with Gasteiger partial charge in [-0.3, -0.25) is 4.79 Å². The topological polar surface area (TPSA) is 42.2 Å². The third-order valence-electron chi connectivity index (χ3n) is 4.32. The first-order valence-electron chi connectivity index (χ1n) is 7.41. The highest BCUT2D eigenvalue weighted by atomic mass is 16.3. The lowest BCUT2D eigenvalue weighted by Gasteiger charge is -2.34. The zero-order chi connectivity index (χ0) is 17.1. The van der Waals surface area contributed by atoms with Crippen LogP contribution in [-0.2, 0) is 7.05 Å². The van der Waals surface area contributed by atoms with Gasteiger partial charge in [0.05, 0.1) is 5.60 Å². The number of fused-ring (bicyclic) bond motifs is 1. The molecule has 0 aliphatic carbocycles. The van der Waals surface area contributed by atoms with Crippen molar-refractivity contribution in [1.82, 2.24) is 4.57 Å². The fraction of sp³-hybridized carbons (Fsp3) is 0.421. The predicted molar refractivity (Wildman–Crippen MR) is 94.2 cm³/mol. The average molecular weight is 301 g/mol. The zero-order valence-electron chi connectivity index (χ0n) is 14.5. The van der Waals surface area contributed by atoms with Crippen LogP contribution in [0.4, 0.5) is 0 Å². The molecule has 3 nitrogen and oxygen atoms in total. The van der Waals surface area contributed by atoms with Crippen molar-refractivity contribution >= 4 is 10.8 Å². The maximum atomic E-state index is 11.6. The van der Waals surface area contributed by atoms with Crippen LogP contribution in [0.1, 0.15) is 33.3 Å². The summed E-state index contributed by atoms with van der Waals surface area (Å²) < 4.78 is 1.60. The first-order chi connectivity index (χ1) is 9.99. The molecule has 0 saturated heterocycles. The number of aryl methyl sites for hydroxylation is 2. The van der Waals surface area contributed by atoms with E-state index in [0.717, 1.165) is 16.3 Å². The summed E-state index contributed by atoms with van der Waals surface area (Å²) in [5.41, 5.74) is 0.318. The van der Waals surface area contributed by atoms with Gasteiger partial charge in [-0.05, 0) is 38.3 Å². The predicted octanol–water partition coefficient (Wildman–Crippen LogP) is 3.82. The standard InChI is InChI=1S/C11H11NO.C8H16O/c1-8-3-4-9-5-6-12(2)11(13)10(9)7-8;1-6-7(2,3)8(4,5)9/h3-7H,1-2H3;6,9H,1H2,2-5H3. The molecule has 22 heavy (non-hydrogen) atoms. The maximum Gasteiger partial charge on any atom is 0.258 e. The number of rotatable bonds is 2. The zero-order valence-corrected chi connectivity index (χ0v) is 14.5. The minimum Gasteiger partial charge on any atom is -0.390 e. The number of nitrogens with zero attached hydrogens (tertiary/aromatic N) is 1. The Hall–Kier alpha value is -1.87. The maximum absolute atomic E-state index is 11.6. The lowest BCUT2D eigenvalue weighted by molar-refractivity contribution is -0.00719. The Kier molecular flexibility index (Phi) is 5.36. The average Bonchev–Trinajstić information content (AvgIpc) is 2.43. The van der Waals surface area contributed by atoms with Crippen molar-refractivity contribution in [3.8, 4) is 0 Å². The Morgan fingerprint density at radius 3 is 2.23 bits per heavy atom. The molecule has 0 saturated carbocycles. The van der Waals surface area contributed by atoms with Crippen molar-refractivity contribution in [1.29, 1.82) is 0 Å². The molecule has 120 valence electrons. The van der Waals surface area contributed by atoms with Crippen LogP contribution in [-0.4, -0.2) is 15.3 Å². The summed E-state index contributed by atoms with van der Waals surface area (Å²) in [6.07, 6.45) is 3.56. The van der Waals surface area contributed by atoms with Crippen molar-refractivity contribution in [3.63, 3.8) is 0 Å². The van der Waals surface area contributed by atoms with E-state index in [9.17, 15) is 9.90 Å². The van der Waals surface area contributed by atoms with Crippen molar-refractivity contribution in [2.24, 2.45) is 12.5 Å². The van der Waals surface area contributed by atoms with Gasteiger partial charge in [0.15, 0.2) is 0 Å².